The number of rotatable bonds is 8. The average molecular weight is 484 g/mol. The van der Waals surface area contributed by atoms with Crippen LogP contribution in [0.15, 0.2) is 88.9 Å². The molecule has 2 aromatic heterocycles. The molecule has 176 valence electrons. The van der Waals surface area contributed by atoms with Gasteiger partial charge in [0.2, 0.25) is 0 Å². The molecule has 0 saturated carbocycles. The first-order valence-corrected chi connectivity index (χ1v) is 12.0. The van der Waals surface area contributed by atoms with Crippen molar-refractivity contribution in [3.8, 4) is 17.1 Å². The van der Waals surface area contributed by atoms with Crippen LogP contribution in [0, 0.1) is 0 Å². The molecule has 0 aliphatic carbocycles. The lowest BCUT2D eigenvalue weighted by atomic mass is 10.2. The second-order valence-corrected chi connectivity index (χ2v) is 9.28. The van der Waals surface area contributed by atoms with E-state index in [1.165, 1.54) is 11.9 Å². The maximum atomic E-state index is 6.12. The fourth-order valence-corrected chi connectivity index (χ4v) is 4.25. The number of H-pyrrole nitrogens is 1. The van der Waals surface area contributed by atoms with E-state index in [0.717, 1.165) is 44.3 Å². The van der Waals surface area contributed by atoms with Crippen LogP contribution < -0.4 is 10.5 Å². The Morgan fingerprint density at radius 1 is 1.09 bits per heavy atom. The molecule has 0 saturated heterocycles. The summed E-state index contributed by atoms with van der Waals surface area (Å²) in [4.78, 5) is 13.6. The van der Waals surface area contributed by atoms with Crippen LogP contribution in [0.2, 0.25) is 0 Å². The summed E-state index contributed by atoms with van der Waals surface area (Å²) in [6.45, 7) is 4.34. The summed E-state index contributed by atoms with van der Waals surface area (Å²) in [6.07, 6.45) is 1.87. The van der Waals surface area contributed by atoms with Crippen molar-refractivity contribution in [1.82, 2.24) is 24.4 Å². The molecule has 0 fully saturated rings. The lowest BCUT2D eigenvalue weighted by molar-refractivity contribution is 0.301. The summed E-state index contributed by atoms with van der Waals surface area (Å²) in [6, 6.07) is 23.8. The molecule has 0 spiro atoms. The van der Waals surface area contributed by atoms with Crippen LogP contribution in [0.25, 0.3) is 22.4 Å². The SMILES string of the molecule is CC(C)N=C(N)c1ccc2nc(-c3ccc(OCc4cn(Sc5ccccc5)nn4)cc3)[nH]c2c1. The first kappa shape index (κ1) is 22.7. The molecule has 3 N–H and O–H groups in total. The van der Waals surface area contributed by atoms with E-state index in [1.54, 1.807) is 4.09 Å². The average Bonchev–Trinajstić information content (AvgIpc) is 3.49. The van der Waals surface area contributed by atoms with Crippen LogP contribution in [0.5, 0.6) is 5.75 Å². The molecule has 2 heterocycles. The van der Waals surface area contributed by atoms with Crippen molar-refractivity contribution in [2.45, 2.75) is 31.4 Å². The minimum atomic E-state index is 0.142. The standard InChI is InChI=1S/C26H25N7OS/c1-17(2)28-25(27)19-10-13-23-24(14-19)30-26(29-23)18-8-11-21(12-9-18)34-16-20-15-33(32-31-20)35-22-6-4-3-5-7-22/h3-15,17H,16H2,1-2H3,(H2,27,28)(H,29,30). The molecule has 3 aromatic carbocycles. The number of amidine groups is 1. The van der Waals surface area contributed by atoms with Gasteiger partial charge in [0.15, 0.2) is 0 Å². The largest absolute Gasteiger partial charge is 0.487 e. The fraction of sp³-hybridized carbons (Fsp3) is 0.154. The van der Waals surface area contributed by atoms with Crippen LogP contribution >= 0.6 is 11.9 Å². The van der Waals surface area contributed by atoms with Crippen molar-refractivity contribution in [2.75, 3.05) is 0 Å². The molecule has 5 rings (SSSR count). The number of benzene rings is 3. The third-order valence-electron chi connectivity index (χ3n) is 5.15. The Morgan fingerprint density at radius 3 is 2.66 bits per heavy atom. The number of nitrogens with one attached hydrogen (secondary N) is 1. The fourth-order valence-electron chi connectivity index (χ4n) is 3.51. The Balaban J connectivity index is 1.23. The minimum Gasteiger partial charge on any atom is -0.487 e. The van der Waals surface area contributed by atoms with Crippen molar-refractivity contribution >= 4 is 28.8 Å². The van der Waals surface area contributed by atoms with Gasteiger partial charge in [0, 0.05) is 34.0 Å². The van der Waals surface area contributed by atoms with Crippen LogP contribution in [0.4, 0.5) is 0 Å². The monoisotopic (exact) mass is 483 g/mol. The van der Waals surface area contributed by atoms with E-state index in [0.29, 0.717) is 12.4 Å². The number of nitrogens with two attached hydrogens (primary N) is 1. The van der Waals surface area contributed by atoms with Crippen molar-refractivity contribution in [3.05, 3.63) is 90.3 Å². The van der Waals surface area contributed by atoms with Gasteiger partial charge in [-0.15, -0.1) is 5.10 Å². The van der Waals surface area contributed by atoms with Crippen molar-refractivity contribution < 1.29 is 4.74 Å². The van der Waals surface area contributed by atoms with Gasteiger partial charge in [-0.05, 0) is 68.4 Å². The summed E-state index contributed by atoms with van der Waals surface area (Å²) < 4.78 is 7.62. The van der Waals surface area contributed by atoms with Gasteiger partial charge in [-0.1, -0.05) is 23.4 Å². The Labute approximate surface area is 207 Å². The number of aliphatic imine (C=N–C) groups is 1. The van der Waals surface area contributed by atoms with Crippen LogP contribution in [0.1, 0.15) is 25.1 Å². The van der Waals surface area contributed by atoms with Crippen molar-refractivity contribution in [2.24, 2.45) is 10.7 Å². The highest BCUT2D eigenvalue weighted by atomic mass is 32.2. The lowest BCUT2D eigenvalue weighted by Gasteiger charge is -2.04. The maximum absolute atomic E-state index is 6.12. The summed E-state index contributed by atoms with van der Waals surface area (Å²) in [5.74, 6) is 2.05. The zero-order valence-electron chi connectivity index (χ0n) is 19.4. The number of fused-ring (bicyclic) bond motifs is 1. The second-order valence-electron chi connectivity index (χ2n) is 8.26. The summed E-state index contributed by atoms with van der Waals surface area (Å²) in [7, 11) is 0. The highest BCUT2D eigenvalue weighted by molar-refractivity contribution is 7.97. The second kappa shape index (κ2) is 10.0. The van der Waals surface area contributed by atoms with Crippen molar-refractivity contribution in [1.29, 1.82) is 0 Å². The number of nitrogens with zero attached hydrogens (tertiary/aromatic N) is 5. The molecule has 5 aromatic rings. The zero-order chi connectivity index (χ0) is 24.2. The van der Waals surface area contributed by atoms with E-state index in [1.807, 2.05) is 92.8 Å². The molecule has 0 aliphatic heterocycles. The predicted molar refractivity (Wildman–Crippen MR) is 139 cm³/mol. The summed E-state index contributed by atoms with van der Waals surface area (Å²) >= 11 is 1.50. The quantitative estimate of drug-likeness (QED) is 0.236. The number of hydrogen-bond acceptors (Lipinski definition) is 6. The molecular formula is C26H25N7OS. The van der Waals surface area contributed by atoms with Crippen LogP contribution in [-0.2, 0) is 6.61 Å². The molecule has 35 heavy (non-hydrogen) atoms. The van der Waals surface area contributed by atoms with Gasteiger partial charge in [-0.25, -0.2) is 4.98 Å². The molecule has 9 heteroatoms. The Bertz CT molecular complexity index is 1460. The smallest absolute Gasteiger partial charge is 0.138 e. The number of aromatic amines is 1. The summed E-state index contributed by atoms with van der Waals surface area (Å²) in [5.41, 5.74) is 10.5. The lowest BCUT2D eigenvalue weighted by Crippen LogP contribution is -2.15. The van der Waals surface area contributed by atoms with Gasteiger partial charge in [-0.3, -0.25) is 4.99 Å². The molecule has 0 bridgehead atoms. The van der Waals surface area contributed by atoms with Crippen LogP contribution in [0.3, 0.4) is 0 Å². The van der Waals surface area contributed by atoms with E-state index in [2.05, 4.69) is 20.3 Å². The number of ether oxygens (including phenoxy) is 1. The molecule has 0 radical (unpaired) electrons. The Morgan fingerprint density at radius 2 is 1.89 bits per heavy atom. The Hall–Kier alpha value is -4.11. The summed E-state index contributed by atoms with van der Waals surface area (Å²) in [5, 5.41) is 8.34. The normalized spacial score (nSPS) is 11.9. The van der Waals surface area contributed by atoms with E-state index < -0.39 is 0 Å². The van der Waals surface area contributed by atoms with Crippen molar-refractivity contribution in [3.63, 3.8) is 0 Å². The third kappa shape index (κ3) is 5.52. The molecule has 0 amide bonds. The molecule has 0 unspecified atom stereocenters. The number of aromatic nitrogens is 5. The molecular weight excluding hydrogens is 458 g/mol. The predicted octanol–water partition coefficient (Wildman–Crippen LogP) is 5.07. The first-order valence-electron chi connectivity index (χ1n) is 11.2. The maximum Gasteiger partial charge on any atom is 0.138 e. The van der Waals surface area contributed by atoms with Crippen LogP contribution in [-0.4, -0.2) is 36.2 Å². The van der Waals surface area contributed by atoms with E-state index in [9.17, 15) is 0 Å². The van der Waals surface area contributed by atoms with Gasteiger partial charge in [0.05, 0.1) is 17.2 Å². The van der Waals surface area contributed by atoms with Gasteiger partial charge in [-0.2, -0.15) is 4.09 Å². The van der Waals surface area contributed by atoms with Gasteiger partial charge < -0.3 is 15.5 Å². The Kier molecular flexibility index (Phi) is 6.49. The molecule has 8 nitrogen and oxygen atoms in total. The number of imidazole rings is 1. The van der Waals surface area contributed by atoms with E-state index >= 15 is 0 Å². The zero-order valence-corrected chi connectivity index (χ0v) is 20.2. The van der Waals surface area contributed by atoms with Gasteiger partial charge >= 0.3 is 0 Å². The number of hydrogen-bond donors (Lipinski definition) is 2. The first-order chi connectivity index (χ1) is 17.0. The highest BCUT2D eigenvalue weighted by Gasteiger charge is 2.09. The van der Waals surface area contributed by atoms with E-state index in [4.69, 9.17) is 15.5 Å². The topological polar surface area (TPSA) is 107 Å². The molecule has 0 atom stereocenters. The minimum absolute atomic E-state index is 0.142. The van der Waals surface area contributed by atoms with Gasteiger partial charge in [0.1, 0.15) is 29.7 Å². The highest BCUT2D eigenvalue weighted by Crippen LogP contribution is 2.24. The van der Waals surface area contributed by atoms with Gasteiger partial charge in [0.25, 0.3) is 0 Å². The molecule has 0 aliphatic rings. The third-order valence-corrected chi connectivity index (χ3v) is 6.00. The van der Waals surface area contributed by atoms with E-state index in [-0.39, 0.29) is 6.04 Å².